The Morgan fingerprint density at radius 1 is 1.24 bits per heavy atom. The van der Waals surface area contributed by atoms with Gasteiger partial charge in [-0.2, -0.15) is 0 Å². The van der Waals surface area contributed by atoms with E-state index >= 15 is 0 Å². The second kappa shape index (κ2) is 3.48. The fourth-order valence-corrected chi connectivity index (χ4v) is 1.95. The predicted octanol–water partition coefficient (Wildman–Crippen LogP) is 2.72. The third-order valence-electron chi connectivity index (χ3n) is 2.75. The molecule has 1 aromatic carbocycles. The van der Waals surface area contributed by atoms with Crippen LogP contribution < -0.4 is 5.32 Å². The number of allylic oxidation sites excluding steroid dienone is 2. The number of aromatic nitrogens is 1. The number of hydrogen-bond acceptors (Lipinski definition) is 3. The third-order valence-corrected chi connectivity index (χ3v) is 2.75. The van der Waals surface area contributed by atoms with Crippen molar-refractivity contribution in [3.05, 3.63) is 58.0 Å². The Kier molecular flexibility index (Phi) is 1.98. The van der Waals surface area contributed by atoms with Gasteiger partial charge in [-0.25, -0.2) is 5.32 Å². The molecule has 2 aromatic rings. The second-order valence-electron chi connectivity index (χ2n) is 3.76. The summed E-state index contributed by atoms with van der Waals surface area (Å²) in [5, 5.41) is 14.6. The summed E-state index contributed by atoms with van der Waals surface area (Å²) in [5.74, 6) is -0.0197. The number of fused-ring (bicyclic) bond motifs is 3. The molecule has 0 atom stereocenters. The fraction of sp³-hybridized carbons (Fsp3) is 0. The first kappa shape index (κ1) is 9.65. The van der Waals surface area contributed by atoms with Crippen LogP contribution in [0.2, 0.25) is 0 Å². The maximum Gasteiger partial charge on any atom is 0.321 e. The minimum atomic E-state index is -0.426. The first-order valence-electron chi connectivity index (χ1n) is 5.15. The fourth-order valence-electron chi connectivity index (χ4n) is 1.95. The molecule has 0 aliphatic carbocycles. The summed E-state index contributed by atoms with van der Waals surface area (Å²) in [6.45, 7) is 0. The molecule has 2 heterocycles. The zero-order valence-corrected chi connectivity index (χ0v) is 8.81. The van der Waals surface area contributed by atoms with Crippen LogP contribution in [0.3, 0.4) is 0 Å². The Morgan fingerprint density at radius 3 is 2.94 bits per heavy atom. The van der Waals surface area contributed by atoms with Crippen molar-refractivity contribution in [3.8, 4) is 0 Å². The SMILES string of the molecule is O=[N+]([O-])C1=CC=Cc2ccc3[nH]ccc3c2N1. The highest BCUT2D eigenvalue weighted by Crippen LogP contribution is 2.30. The summed E-state index contributed by atoms with van der Waals surface area (Å²) < 4.78 is 0. The van der Waals surface area contributed by atoms with E-state index in [0.29, 0.717) is 0 Å². The Labute approximate surface area is 96.6 Å². The second-order valence-corrected chi connectivity index (χ2v) is 3.76. The normalized spacial score (nSPS) is 13.8. The molecule has 1 aliphatic rings. The van der Waals surface area contributed by atoms with Gasteiger partial charge < -0.3 is 15.1 Å². The van der Waals surface area contributed by atoms with Crippen molar-refractivity contribution in [2.24, 2.45) is 0 Å². The molecule has 84 valence electrons. The van der Waals surface area contributed by atoms with E-state index in [-0.39, 0.29) is 5.82 Å². The lowest BCUT2D eigenvalue weighted by atomic mass is 10.1. The van der Waals surface area contributed by atoms with Crippen LogP contribution in [0.1, 0.15) is 5.56 Å². The van der Waals surface area contributed by atoms with E-state index in [1.807, 2.05) is 30.5 Å². The molecule has 17 heavy (non-hydrogen) atoms. The summed E-state index contributed by atoms with van der Waals surface area (Å²) >= 11 is 0. The predicted molar refractivity (Wildman–Crippen MR) is 66.0 cm³/mol. The van der Waals surface area contributed by atoms with E-state index in [1.54, 1.807) is 6.08 Å². The van der Waals surface area contributed by atoms with Crippen molar-refractivity contribution in [2.45, 2.75) is 0 Å². The van der Waals surface area contributed by atoms with Gasteiger partial charge in [-0.3, -0.25) is 0 Å². The monoisotopic (exact) mass is 227 g/mol. The summed E-state index contributed by atoms with van der Waals surface area (Å²) in [7, 11) is 0. The number of rotatable bonds is 1. The topological polar surface area (TPSA) is 71.0 Å². The molecule has 3 rings (SSSR count). The summed E-state index contributed by atoms with van der Waals surface area (Å²) in [4.78, 5) is 13.5. The van der Waals surface area contributed by atoms with Crippen molar-refractivity contribution in [3.63, 3.8) is 0 Å². The molecule has 0 radical (unpaired) electrons. The van der Waals surface area contributed by atoms with Crippen LogP contribution in [0.5, 0.6) is 0 Å². The number of nitrogens with zero attached hydrogens (tertiary/aromatic N) is 1. The number of aromatic amines is 1. The molecule has 1 aliphatic heterocycles. The first-order valence-corrected chi connectivity index (χ1v) is 5.15. The number of nitro groups is 1. The maximum absolute atomic E-state index is 10.8. The van der Waals surface area contributed by atoms with Crippen molar-refractivity contribution >= 4 is 22.7 Å². The molecular weight excluding hydrogens is 218 g/mol. The molecule has 5 nitrogen and oxygen atoms in total. The number of H-pyrrole nitrogens is 1. The molecule has 2 N–H and O–H groups in total. The van der Waals surface area contributed by atoms with Gasteiger partial charge in [0.25, 0.3) is 0 Å². The maximum atomic E-state index is 10.8. The van der Waals surface area contributed by atoms with Crippen molar-refractivity contribution in [1.82, 2.24) is 4.98 Å². The third kappa shape index (κ3) is 1.48. The van der Waals surface area contributed by atoms with Gasteiger partial charge >= 0.3 is 5.82 Å². The zero-order chi connectivity index (χ0) is 11.8. The Bertz CT molecular complexity index is 667. The standard InChI is InChI=1S/C12H9N3O2/c16-15(17)11-3-1-2-8-4-5-10-9(6-7-13-10)12(8)14-11/h1-7,13-14H. The van der Waals surface area contributed by atoms with Gasteiger partial charge in [0, 0.05) is 28.7 Å². The van der Waals surface area contributed by atoms with Crippen LogP contribution in [0.4, 0.5) is 5.69 Å². The lowest BCUT2D eigenvalue weighted by Crippen LogP contribution is -2.09. The van der Waals surface area contributed by atoms with E-state index in [1.165, 1.54) is 6.08 Å². The lowest BCUT2D eigenvalue weighted by molar-refractivity contribution is -0.422. The summed E-state index contributed by atoms with van der Waals surface area (Å²) in [6, 6.07) is 5.78. The molecule has 0 bridgehead atoms. The molecule has 0 saturated carbocycles. The van der Waals surface area contributed by atoms with Crippen LogP contribution in [0.15, 0.2) is 42.4 Å². The number of benzene rings is 1. The average Bonchev–Trinajstić information content (AvgIpc) is 2.67. The Hall–Kier alpha value is -2.56. The molecule has 0 amide bonds. The molecule has 0 spiro atoms. The van der Waals surface area contributed by atoms with Crippen LogP contribution in [-0.4, -0.2) is 9.91 Å². The highest BCUT2D eigenvalue weighted by molar-refractivity contribution is 5.97. The molecule has 0 fully saturated rings. The van der Waals surface area contributed by atoms with Crippen LogP contribution in [0.25, 0.3) is 17.0 Å². The first-order chi connectivity index (χ1) is 8.25. The van der Waals surface area contributed by atoms with Gasteiger partial charge in [-0.15, -0.1) is 0 Å². The average molecular weight is 227 g/mol. The van der Waals surface area contributed by atoms with E-state index in [0.717, 1.165) is 22.2 Å². The highest BCUT2D eigenvalue weighted by atomic mass is 16.6. The van der Waals surface area contributed by atoms with E-state index in [2.05, 4.69) is 10.3 Å². The van der Waals surface area contributed by atoms with Gasteiger partial charge in [-0.05, 0) is 23.1 Å². The summed E-state index contributed by atoms with van der Waals surface area (Å²) in [6.07, 6.45) is 6.80. The largest absolute Gasteiger partial charge is 0.361 e. The zero-order valence-electron chi connectivity index (χ0n) is 8.81. The van der Waals surface area contributed by atoms with Crippen LogP contribution in [-0.2, 0) is 0 Å². The van der Waals surface area contributed by atoms with Gasteiger partial charge in [0.2, 0.25) is 0 Å². The number of hydrogen-bond donors (Lipinski definition) is 2. The highest BCUT2D eigenvalue weighted by Gasteiger charge is 2.17. The van der Waals surface area contributed by atoms with Gasteiger partial charge in [0.1, 0.15) is 5.69 Å². The lowest BCUT2D eigenvalue weighted by Gasteiger charge is -2.05. The van der Waals surface area contributed by atoms with Crippen molar-refractivity contribution in [2.75, 3.05) is 5.32 Å². The Balaban J connectivity index is 2.23. The molecular formula is C12H9N3O2. The molecule has 0 unspecified atom stereocenters. The smallest absolute Gasteiger partial charge is 0.321 e. The minimum absolute atomic E-state index is 0.0197. The minimum Gasteiger partial charge on any atom is -0.361 e. The number of anilines is 1. The van der Waals surface area contributed by atoms with Crippen LogP contribution >= 0.6 is 0 Å². The van der Waals surface area contributed by atoms with Crippen molar-refractivity contribution < 1.29 is 4.92 Å². The quantitative estimate of drug-likeness (QED) is 0.581. The van der Waals surface area contributed by atoms with E-state index in [9.17, 15) is 10.1 Å². The van der Waals surface area contributed by atoms with Gasteiger partial charge in [0.05, 0.1) is 0 Å². The molecule has 1 aromatic heterocycles. The van der Waals surface area contributed by atoms with Crippen molar-refractivity contribution in [1.29, 1.82) is 0 Å². The van der Waals surface area contributed by atoms with Crippen LogP contribution in [0, 0.1) is 10.1 Å². The summed E-state index contributed by atoms with van der Waals surface area (Å²) in [5.41, 5.74) is 2.65. The van der Waals surface area contributed by atoms with Gasteiger partial charge in [0.15, 0.2) is 0 Å². The van der Waals surface area contributed by atoms with E-state index < -0.39 is 4.92 Å². The number of nitrogens with one attached hydrogen (secondary N) is 2. The van der Waals surface area contributed by atoms with E-state index in [4.69, 9.17) is 0 Å². The molecule has 5 heteroatoms. The Morgan fingerprint density at radius 2 is 2.12 bits per heavy atom. The van der Waals surface area contributed by atoms with Gasteiger partial charge in [-0.1, -0.05) is 12.2 Å². The molecule has 0 saturated heterocycles.